The quantitative estimate of drug-likeness (QED) is 0.893. The smallest absolute Gasteiger partial charge is 0.127 e. The van der Waals surface area contributed by atoms with Gasteiger partial charge >= 0.3 is 0 Å². The van der Waals surface area contributed by atoms with E-state index in [1.807, 2.05) is 54.3 Å². The molecule has 3 rings (SSSR count). The van der Waals surface area contributed by atoms with Crippen LogP contribution in [0.3, 0.4) is 0 Å². The van der Waals surface area contributed by atoms with Gasteiger partial charge in [0, 0.05) is 21.8 Å². The van der Waals surface area contributed by atoms with Crippen LogP contribution in [0, 0.1) is 5.41 Å². The van der Waals surface area contributed by atoms with Gasteiger partial charge in [-0.05, 0) is 37.3 Å². The SMILES string of the molecule is C=C(C)N1C(=N)CN=C(c2ccc(Cl)cc2)c2cc(OC)ccc21. The normalized spacial score (nSPS) is 13.9. The molecule has 1 aliphatic rings. The second-order valence-electron chi connectivity index (χ2n) is 5.57. The van der Waals surface area contributed by atoms with Crippen molar-refractivity contribution < 1.29 is 4.74 Å². The summed E-state index contributed by atoms with van der Waals surface area (Å²) in [6.07, 6.45) is 0. The Kier molecular flexibility index (Phi) is 4.40. The van der Waals surface area contributed by atoms with E-state index in [0.29, 0.717) is 10.9 Å². The fraction of sp³-hybridized carbons (Fsp3) is 0.158. The number of fused-ring (bicyclic) bond motifs is 1. The number of nitrogens with one attached hydrogen (secondary N) is 1. The topological polar surface area (TPSA) is 48.7 Å². The van der Waals surface area contributed by atoms with Crippen LogP contribution in [0.2, 0.25) is 5.02 Å². The van der Waals surface area contributed by atoms with E-state index >= 15 is 0 Å². The van der Waals surface area contributed by atoms with Crippen LogP contribution in [0.5, 0.6) is 5.75 Å². The number of hydrogen-bond acceptors (Lipinski definition) is 3. The molecule has 2 aromatic rings. The van der Waals surface area contributed by atoms with Crippen LogP contribution >= 0.6 is 11.6 Å². The van der Waals surface area contributed by atoms with Crippen molar-refractivity contribution in [2.75, 3.05) is 18.6 Å². The molecular weight excluding hydrogens is 322 g/mol. The third-order valence-electron chi connectivity index (χ3n) is 3.86. The van der Waals surface area contributed by atoms with E-state index in [-0.39, 0.29) is 6.54 Å². The van der Waals surface area contributed by atoms with Crippen molar-refractivity contribution in [3.05, 3.63) is 70.9 Å². The molecule has 0 amide bonds. The molecule has 0 saturated carbocycles. The number of hydrogen-bond donors (Lipinski definition) is 1. The van der Waals surface area contributed by atoms with Crippen molar-refractivity contribution in [3.8, 4) is 5.75 Å². The lowest BCUT2D eigenvalue weighted by Gasteiger charge is -2.25. The second-order valence-corrected chi connectivity index (χ2v) is 6.01. The van der Waals surface area contributed by atoms with Crippen LogP contribution in [-0.4, -0.2) is 25.2 Å². The average Bonchev–Trinajstić information content (AvgIpc) is 2.71. The Labute approximate surface area is 146 Å². The minimum atomic E-state index is 0.280. The molecule has 0 unspecified atom stereocenters. The Morgan fingerprint density at radius 2 is 1.96 bits per heavy atom. The summed E-state index contributed by atoms with van der Waals surface area (Å²) in [7, 11) is 1.64. The molecule has 0 aromatic heterocycles. The van der Waals surface area contributed by atoms with Gasteiger partial charge in [0.2, 0.25) is 0 Å². The van der Waals surface area contributed by atoms with Gasteiger partial charge in [-0.1, -0.05) is 30.3 Å². The van der Waals surface area contributed by atoms with Crippen LogP contribution in [0.4, 0.5) is 5.69 Å². The van der Waals surface area contributed by atoms with Crippen LogP contribution in [-0.2, 0) is 0 Å². The lowest BCUT2D eigenvalue weighted by molar-refractivity contribution is 0.415. The molecule has 1 heterocycles. The van der Waals surface area contributed by atoms with E-state index in [2.05, 4.69) is 11.6 Å². The maximum Gasteiger partial charge on any atom is 0.127 e. The summed E-state index contributed by atoms with van der Waals surface area (Å²) in [6, 6.07) is 13.3. The first-order chi connectivity index (χ1) is 11.5. The highest BCUT2D eigenvalue weighted by molar-refractivity contribution is 6.30. The fourth-order valence-electron chi connectivity index (χ4n) is 2.77. The molecule has 1 aliphatic heterocycles. The first-order valence-electron chi connectivity index (χ1n) is 7.53. The van der Waals surface area contributed by atoms with Gasteiger partial charge in [-0.25, -0.2) is 0 Å². The van der Waals surface area contributed by atoms with Crippen molar-refractivity contribution in [1.29, 1.82) is 5.41 Å². The van der Waals surface area contributed by atoms with Crippen LogP contribution in [0.25, 0.3) is 0 Å². The lowest BCUT2D eigenvalue weighted by Crippen LogP contribution is -2.29. The lowest BCUT2D eigenvalue weighted by atomic mass is 9.99. The predicted octanol–water partition coefficient (Wildman–Crippen LogP) is 4.52. The minimum absolute atomic E-state index is 0.280. The van der Waals surface area contributed by atoms with Crippen LogP contribution < -0.4 is 9.64 Å². The van der Waals surface area contributed by atoms with Gasteiger partial charge in [0.05, 0.1) is 25.1 Å². The number of anilines is 1. The van der Waals surface area contributed by atoms with E-state index in [0.717, 1.165) is 34.0 Å². The van der Waals surface area contributed by atoms with Gasteiger partial charge in [0.15, 0.2) is 0 Å². The first kappa shape index (κ1) is 16.3. The number of benzodiazepines with no additional fused rings is 1. The molecule has 2 aromatic carbocycles. The Morgan fingerprint density at radius 1 is 1.25 bits per heavy atom. The average molecular weight is 340 g/mol. The molecule has 0 spiro atoms. The molecular formula is C19H18ClN3O. The van der Waals surface area contributed by atoms with Crippen molar-refractivity contribution >= 4 is 28.8 Å². The molecule has 1 N–H and O–H groups in total. The summed E-state index contributed by atoms with van der Waals surface area (Å²) < 4.78 is 5.38. The van der Waals surface area contributed by atoms with E-state index < -0.39 is 0 Å². The van der Waals surface area contributed by atoms with Crippen LogP contribution in [0.15, 0.2) is 59.7 Å². The van der Waals surface area contributed by atoms with Gasteiger partial charge in [-0.3, -0.25) is 10.4 Å². The van der Waals surface area contributed by atoms with Gasteiger partial charge in [-0.2, -0.15) is 0 Å². The zero-order chi connectivity index (χ0) is 17.3. The zero-order valence-corrected chi connectivity index (χ0v) is 14.4. The molecule has 0 atom stereocenters. The Morgan fingerprint density at radius 3 is 2.58 bits per heavy atom. The summed E-state index contributed by atoms with van der Waals surface area (Å²) in [4.78, 5) is 6.48. The fourth-order valence-corrected chi connectivity index (χ4v) is 2.90. The molecule has 122 valence electrons. The second kappa shape index (κ2) is 6.49. The maximum absolute atomic E-state index is 8.34. The standard InChI is InChI=1S/C19H18ClN3O/c1-12(2)23-17-9-8-15(24-3)10-16(17)19(22-11-18(23)21)13-4-6-14(20)7-5-13/h4-10,21H,1,11H2,2-3H3. The molecule has 4 nitrogen and oxygen atoms in total. The molecule has 0 saturated heterocycles. The number of benzene rings is 2. The highest BCUT2D eigenvalue weighted by Crippen LogP contribution is 2.32. The number of aliphatic imine (C=N–C) groups is 1. The van der Waals surface area contributed by atoms with Gasteiger partial charge in [-0.15, -0.1) is 0 Å². The predicted molar refractivity (Wildman–Crippen MR) is 100.0 cm³/mol. The van der Waals surface area contributed by atoms with Crippen molar-refractivity contribution in [3.63, 3.8) is 0 Å². The molecule has 0 radical (unpaired) electrons. The minimum Gasteiger partial charge on any atom is -0.497 e. The maximum atomic E-state index is 8.34. The molecule has 24 heavy (non-hydrogen) atoms. The number of ether oxygens (including phenoxy) is 1. The molecule has 5 heteroatoms. The van der Waals surface area contributed by atoms with Gasteiger partial charge < -0.3 is 9.64 Å². The molecule has 0 fully saturated rings. The van der Waals surface area contributed by atoms with Crippen LogP contribution in [0.1, 0.15) is 18.1 Å². The number of amidine groups is 1. The number of rotatable bonds is 3. The Bertz CT molecular complexity index is 840. The third kappa shape index (κ3) is 2.93. The number of allylic oxidation sites excluding steroid dienone is 1. The summed E-state index contributed by atoms with van der Waals surface area (Å²) in [6.45, 7) is 6.17. The Balaban J connectivity index is 2.23. The van der Waals surface area contributed by atoms with Gasteiger partial charge in [0.1, 0.15) is 11.6 Å². The molecule has 0 bridgehead atoms. The third-order valence-corrected chi connectivity index (χ3v) is 4.11. The van der Waals surface area contributed by atoms with Crippen molar-refractivity contribution in [2.45, 2.75) is 6.92 Å². The highest BCUT2D eigenvalue weighted by atomic mass is 35.5. The van der Waals surface area contributed by atoms with E-state index in [4.69, 9.17) is 21.7 Å². The summed E-state index contributed by atoms with van der Waals surface area (Å²) in [5.41, 5.74) is 4.32. The van der Waals surface area contributed by atoms with E-state index in [1.165, 1.54) is 0 Å². The Hall–Kier alpha value is -2.59. The van der Waals surface area contributed by atoms with Gasteiger partial charge in [0.25, 0.3) is 0 Å². The number of methoxy groups -OCH3 is 1. The summed E-state index contributed by atoms with van der Waals surface area (Å²) >= 11 is 6.00. The van der Waals surface area contributed by atoms with E-state index in [9.17, 15) is 0 Å². The largest absolute Gasteiger partial charge is 0.497 e. The number of nitrogens with zero attached hydrogens (tertiary/aromatic N) is 2. The van der Waals surface area contributed by atoms with Crippen molar-refractivity contribution in [2.24, 2.45) is 4.99 Å². The summed E-state index contributed by atoms with van der Waals surface area (Å²) in [5, 5.41) is 9.01. The summed E-state index contributed by atoms with van der Waals surface area (Å²) in [5.74, 6) is 1.13. The zero-order valence-electron chi connectivity index (χ0n) is 13.6. The monoisotopic (exact) mass is 339 g/mol. The molecule has 0 aliphatic carbocycles. The van der Waals surface area contributed by atoms with E-state index in [1.54, 1.807) is 7.11 Å². The first-order valence-corrected chi connectivity index (χ1v) is 7.91. The highest BCUT2D eigenvalue weighted by Gasteiger charge is 2.24. The van der Waals surface area contributed by atoms with Crippen molar-refractivity contribution in [1.82, 2.24) is 0 Å². The number of halogens is 1.